The van der Waals surface area contributed by atoms with Gasteiger partial charge in [0.1, 0.15) is 0 Å². The van der Waals surface area contributed by atoms with E-state index in [2.05, 4.69) is 6.92 Å². The summed E-state index contributed by atoms with van der Waals surface area (Å²) in [7, 11) is -2.54. The van der Waals surface area contributed by atoms with Crippen LogP contribution in [0.5, 0.6) is 0 Å². The normalized spacial score (nSPS) is 18.9. The largest absolute Gasteiger partial charge is 0.501 e. The minimum Gasteiger partial charge on any atom is -0.374 e. The van der Waals surface area contributed by atoms with Gasteiger partial charge in [-0.3, -0.25) is 0 Å². The molecule has 1 aliphatic carbocycles. The molecule has 5 heteroatoms. The highest BCUT2D eigenvalue weighted by atomic mass is 28.4. The third-order valence-electron chi connectivity index (χ3n) is 4.34. The molecule has 21 heavy (non-hydrogen) atoms. The molecule has 0 spiro atoms. The van der Waals surface area contributed by atoms with Crippen LogP contribution >= 0.6 is 0 Å². The van der Waals surface area contributed by atoms with Crippen LogP contribution < -0.4 is 5.73 Å². The maximum atomic E-state index is 6.46. The summed E-state index contributed by atoms with van der Waals surface area (Å²) in [6.07, 6.45) is 8.90. The predicted molar refractivity (Wildman–Crippen MR) is 89.2 cm³/mol. The maximum absolute atomic E-state index is 6.46. The Labute approximate surface area is 132 Å². The van der Waals surface area contributed by atoms with Crippen LogP contribution in [0.1, 0.15) is 65.7 Å². The van der Waals surface area contributed by atoms with Gasteiger partial charge < -0.3 is 19.0 Å². The number of nitrogens with two attached hydrogens (primary N) is 1. The molecule has 0 aromatic carbocycles. The summed E-state index contributed by atoms with van der Waals surface area (Å²) in [5.74, 6) is 0.668. The van der Waals surface area contributed by atoms with Crippen molar-refractivity contribution in [2.45, 2.75) is 77.9 Å². The number of rotatable bonds is 11. The smallest absolute Gasteiger partial charge is 0.374 e. The van der Waals surface area contributed by atoms with E-state index in [0.29, 0.717) is 19.1 Å². The summed E-state index contributed by atoms with van der Waals surface area (Å²) in [5, 5.41) is 0. The average Bonchev–Trinajstić information content (AvgIpc) is 2.49. The van der Waals surface area contributed by atoms with Gasteiger partial charge in [-0.1, -0.05) is 19.3 Å². The molecule has 0 heterocycles. The average molecular weight is 318 g/mol. The molecule has 1 rings (SSSR count). The molecule has 0 amide bonds. The lowest BCUT2D eigenvalue weighted by atomic mass is 9.86. The van der Waals surface area contributed by atoms with Gasteiger partial charge in [0.2, 0.25) is 0 Å². The van der Waals surface area contributed by atoms with Gasteiger partial charge in [-0.25, -0.2) is 0 Å². The molecule has 0 aromatic heterocycles. The molecule has 0 aliphatic heterocycles. The number of unbranched alkanes of at least 4 members (excludes halogenated alkanes) is 1. The molecule has 0 aromatic rings. The van der Waals surface area contributed by atoms with E-state index in [4.69, 9.17) is 19.0 Å². The Hall–Kier alpha value is 0.0569. The van der Waals surface area contributed by atoms with Crippen LogP contribution in [0.2, 0.25) is 6.04 Å². The molecule has 1 aliphatic rings. The second-order valence-electron chi connectivity index (χ2n) is 6.02. The lowest BCUT2D eigenvalue weighted by molar-refractivity contribution is 0.00904. The van der Waals surface area contributed by atoms with Crippen molar-refractivity contribution in [1.29, 1.82) is 0 Å². The van der Waals surface area contributed by atoms with E-state index in [-0.39, 0.29) is 6.10 Å². The number of hydrogen-bond acceptors (Lipinski definition) is 4. The van der Waals surface area contributed by atoms with Gasteiger partial charge in [-0.05, 0) is 58.9 Å². The van der Waals surface area contributed by atoms with Crippen LogP contribution in [0.15, 0.2) is 0 Å². The SMILES string of the molecule is CCO[Si](CCCCN)(OCC)OC(C)C1CCCCC1. The zero-order valence-corrected chi connectivity index (χ0v) is 15.2. The fraction of sp³-hybridized carbons (Fsp3) is 1.00. The van der Waals surface area contributed by atoms with Gasteiger partial charge in [0.25, 0.3) is 0 Å². The maximum Gasteiger partial charge on any atom is 0.501 e. The van der Waals surface area contributed by atoms with Crippen LogP contribution in [0.4, 0.5) is 0 Å². The van der Waals surface area contributed by atoms with Gasteiger partial charge >= 0.3 is 8.80 Å². The van der Waals surface area contributed by atoms with Crippen LogP contribution in [0, 0.1) is 5.92 Å². The zero-order valence-electron chi connectivity index (χ0n) is 14.2. The van der Waals surface area contributed by atoms with Gasteiger partial charge in [-0.2, -0.15) is 0 Å². The first-order valence-electron chi connectivity index (χ1n) is 8.83. The molecule has 1 unspecified atom stereocenters. The topological polar surface area (TPSA) is 53.7 Å². The lowest BCUT2D eigenvalue weighted by Crippen LogP contribution is -2.49. The fourth-order valence-electron chi connectivity index (χ4n) is 3.22. The van der Waals surface area contributed by atoms with E-state index in [1.165, 1.54) is 32.1 Å². The monoisotopic (exact) mass is 317 g/mol. The molecule has 1 atom stereocenters. The quantitative estimate of drug-likeness (QED) is 0.466. The van der Waals surface area contributed by atoms with Gasteiger partial charge in [0.05, 0.1) is 0 Å². The Bertz CT molecular complexity index is 254. The van der Waals surface area contributed by atoms with E-state index < -0.39 is 8.80 Å². The Morgan fingerprint density at radius 3 is 2.19 bits per heavy atom. The molecule has 0 radical (unpaired) electrons. The summed E-state index contributed by atoms with van der Waals surface area (Å²) in [6, 6.07) is 0.892. The highest BCUT2D eigenvalue weighted by Crippen LogP contribution is 2.31. The van der Waals surface area contributed by atoms with E-state index in [1.54, 1.807) is 0 Å². The summed E-state index contributed by atoms with van der Waals surface area (Å²) in [4.78, 5) is 0. The van der Waals surface area contributed by atoms with Gasteiger partial charge in [-0.15, -0.1) is 0 Å². The van der Waals surface area contributed by atoms with Gasteiger partial charge in [0.15, 0.2) is 0 Å². The summed E-state index contributed by atoms with van der Waals surface area (Å²) in [6.45, 7) is 8.30. The molecule has 2 N–H and O–H groups in total. The standard InChI is InChI=1S/C16H35NO3Si/c1-4-18-21(19-5-2,14-10-9-13-17)20-15(3)16-11-7-6-8-12-16/h15-16H,4-14,17H2,1-3H3. The first-order valence-corrected chi connectivity index (χ1v) is 10.8. The van der Waals surface area contributed by atoms with Crippen molar-refractivity contribution in [3.05, 3.63) is 0 Å². The molecule has 0 saturated heterocycles. The predicted octanol–water partition coefficient (Wildman–Crippen LogP) is 3.72. The van der Waals surface area contributed by atoms with Crippen molar-refractivity contribution in [2.24, 2.45) is 11.7 Å². The third-order valence-corrected chi connectivity index (χ3v) is 7.50. The minimum atomic E-state index is -2.54. The first kappa shape index (κ1) is 19.1. The molecular formula is C16H35NO3Si. The summed E-state index contributed by atoms with van der Waals surface area (Å²) in [5.41, 5.74) is 5.62. The van der Waals surface area contributed by atoms with E-state index in [1.807, 2.05) is 13.8 Å². The first-order chi connectivity index (χ1) is 10.2. The Kier molecular flexibility index (Phi) is 9.76. The molecule has 4 nitrogen and oxygen atoms in total. The number of hydrogen-bond donors (Lipinski definition) is 1. The zero-order chi connectivity index (χ0) is 15.6. The highest BCUT2D eigenvalue weighted by Gasteiger charge is 2.42. The Morgan fingerprint density at radius 2 is 1.67 bits per heavy atom. The molecular weight excluding hydrogens is 282 g/mol. The summed E-state index contributed by atoms with van der Waals surface area (Å²) >= 11 is 0. The molecule has 126 valence electrons. The molecule has 0 bridgehead atoms. The van der Waals surface area contributed by atoms with Crippen molar-refractivity contribution in [2.75, 3.05) is 19.8 Å². The van der Waals surface area contributed by atoms with Crippen molar-refractivity contribution >= 4 is 8.80 Å². The van der Waals surface area contributed by atoms with Gasteiger partial charge in [0, 0.05) is 25.4 Å². The minimum absolute atomic E-state index is 0.243. The fourth-order valence-corrected chi connectivity index (χ4v) is 6.17. The second-order valence-corrected chi connectivity index (χ2v) is 8.69. The molecule has 1 saturated carbocycles. The van der Waals surface area contributed by atoms with Crippen LogP contribution in [-0.4, -0.2) is 34.7 Å². The van der Waals surface area contributed by atoms with Crippen LogP contribution in [-0.2, 0) is 13.3 Å². The summed E-state index contributed by atoms with van der Waals surface area (Å²) < 4.78 is 18.5. The Balaban J connectivity index is 2.63. The Morgan fingerprint density at radius 1 is 1.05 bits per heavy atom. The van der Waals surface area contributed by atoms with E-state index in [9.17, 15) is 0 Å². The van der Waals surface area contributed by atoms with Crippen molar-refractivity contribution in [3.8, 4) is 0 Å². The van der Waals surface area contributed by atoms with Crippen molar-refractivity contribution < 1.29 is 13.3 Å². The van der Waals surface area contributed by atoms with Crippen LogP contribution in [0.25, 0.3) is 0 Å². The molecule has 1 fully saturated rings. The third kappa shape index (κ3) is 6.78. The second kappa shape index (κ2) is 10.7. The van der Waals surface area contributed by atoms with Crippen LogP contribution in [0.3, 0.4) is 0 Å². The van der Waals surface area contributed by atoms with E-state index >= 15 is 0 Å². The van der Waals surface area contributed by atoms with E-state index in [0.717, 1.165) is 25.4 Å². The lowest BCUT2D eigenvalue weighted by Gasteiger charge is -2.36. The van der Waals surface area contributed by atoms with Crippen molar-refractivity contribution in [1.82, 2.24) is 0 Å². The van der Waals surface area contributed by atoms with Crippen molar-refractivity contribution in [3.63, 3.8) is 0 Å². The highest BCUT2D eigenvalue weighted by molar-refractivity contribution is 6.60.